The number of nitrogens with zero attached hydrogens (tertiary/aromatic N) is 1. The summed E-state index contributed by atoms with van der Waals surface area (Å²) in [5, 5.41) is 5.82. The maximum absolute atomic E-state index is 14.5. The summed E-state index contributed by atoms with van der Waals surface area (Å²) in [6.45, 7) is -1.59. The minimum atomic E-state index is -4.72. The Morgan fingerprint density at radius 1 is 1.06 bits per heavy atom. The van der Waals surface area contributed by atoms with Crippen LogP contribution in [0.1, 0.15) is 18.8 Å². The fourth-order valence-electron chi connectivity index (χ4n) is 2.57. The van der Waals surface area contributed by atoms with Gasteiger partial charge in [0.2, 0.25) is 0 Å². The smallest absolute Gasteiger partial charge is 0.417 e. The van der Waals surface area contributed by atoms with E-state index in [9.17, 15) is 27.2 Å². The maximum atomic E-state index is 14.5. The topological polar surface area (TPSA) is 92.4 Å². The van der Waals surface area contributed by atoms with Gasteiger partial charge in [0.15, 0.2) is 0 Å². The first-order chi connectivity index (χ1) is 16.4. The van der Waals surface area contributed by atoms with E-state index in [1.807, 2.05) is 5.32 Å². The molecule has 1 aromatic heterocycles. The molecule has 172 valence electrons. The van der Waals surface area contributed by atoms with E-state index in [0.29, 0.717) is 6.07 Å². The molecule has 3 amide bonds. The van der Waals surface area contributed by atoms with Gasteiger partial charge in [-0.3, -0.25) is 9.78 Å². The highest BCUT2D eigenvalue weighted by atomic mass is 35.5. The van der Waals surface area contributed by atoms with Gasteiger partial charge in [0, 0.05) is 33.8 Å². The molecule has 3 rings (SSSR count). The van der Waals surface area contributed by atoms with Crippen LogP contribution in [0.4, 0.5) is 33.7 Å². The SMILES string of the molecule is [2H]C([2H])NC(=O)c1cc(Oc2ccc(NC(=O)Nc3ccc(Cl)c(C(F)(F)F)c3)c(F)c2)ccn1. The van der Waals surface area contributed by atoms with Crippen LogP contribution in [-0.2, 0) is 6.18 Å². The standard InChI is InChI=1S/C21H15ClF4N4O3/c1-27-19(31)18-10-13(6-7-28-18)33-12-3-5-17(16(23)9-12)30-20(32)29-11-2-4-15(22)14(8-11)21(24,25)26/h2-10H,1H3,(H,27,31)(H2,29,30,32)/i1D2. The first-order valence-electron chi connectivity index (χ1n) is 10.1. The minimum absolute atomic E-state index is 0.00241. The third-order valence-corrected chi connectivity index (χ3v) is 4.38. The maximum Gasteiger partial charge on any atom is 0.417 e. The fourth-order valence-corrected chi connectivity index (χ4v) is 2.80. The van der Waals surface area contributed by atoms with Gasteiger partial charge < -0.3 is 20.7 Å². The fraction of sp³-hybridized carbons (Fsp3) is 0.0952. The predicted octanol–water partition coefficient (Wildman–Crippen LogP) is 5.69. The number of halogens is 5. The number of rotatable bonds is 5. The number of ether oxygens (including phenoxy) is 1. The van der Waals surface area contributed by atoms with Crippen LogP contribution < -0.4 is 20.7 Å². The first-order valence-corrected chi connectivity index (χ1v) is 9.34. The Bertz CT molecular complexity index is 1260. The van der Waals surface area contributed by atoms with Gasteiger partial charge in [0.1, 0.15) is 23.0 Å². The third-order valence-electron chi connectivity index (χ3n) is 4.05. The minimum Gasteiger partial charge on any atom is -0.457 e. The predicted molar refractivity (Wildman–Crippen MR) is 113 cm³/mol. The monoisotopic (exact) mass is 484 g/mol. The van der Waals surface area contributed by atoms with Gasteiger partial charge in [0.25, 0.3) is 5.91 Å². The van der Waals surface area contributed by atoms with Crippen LogP contribution in [0.15, 0.2) is 54.7 Å². The van der Waals surface area contributed by atoms with Crippen molar-refractivity contribution in [3.8, 4) is 11.5 Å². The lowest BCUT2D eigenvalue weighted by Gasteiger charge is -2.13. The van der Waals surface area contributed by atoms with Crippen LogP contribution in [0, 0.1) is 5.82 Å². The summed E-state index contributed by atoms with van der Waals surface area (Å²) in [7, 11) is 0. The van der Waals surface area contributed by atoms with Crippen molar-refractivity contribution in [3.05, 3.63) is 76.8 Å². The molecule has 3 aromatic rings. The van der Waals surface area contributed by atoms with E-state index in [4.69, 9.17) is 19.1 Å². The quantitative estimate of drug-likeness (QED) is 0.406. The van der Waals surface area contributed by atoms with Gasteiger partial charge in [-0.1, -0.05) is 11.6 Å². The third kappa shape index (κ3) is 6.10. The summed E-state index contributed by atoms with van der Waals surface area (Å²) in [5.74, 6) is -1.58. The molecule has 0 radical (unpaired) electrons. The number of urea groups is 1. The van der Waals surface area contributed by atoms with E-state index in [1.165, 1.54) is 24.4 Å². The molecule has 0 aliphatic rings. The second-order valence-corrected chi connectivity index (χ2v) is 6.77. The van der Waals surface area contributed by atoms with Gasteiger partial charge >= 0.3 is 12.2 Å². The van der Waals surface area contributed by atoms with Gasteiger partial charge in [-0.05, 0) is 36.4 Å². The highest BCUT2D eigenvalue weighted by molar-refractivity contribution is 6.31. The summed E-state index contributed by atoms with van der Waals surface area (Å²) >= 11 is 5.54. The number of amides is 3. The number of alkyl halides is 3. The number of benzene rings is 2. The number of aromatic nitrogens is 1. The van der Waals surface area contributed by atoms with Crippen molar-refractivity contribution in [2.24, 2.45) is 0 Å². The molecule has 0 aliphatic carbocycles. The number of hydrogen-bond acceptors (Lipinski definition) is 4. The van der Waals surface area contributed by atoms with E-state index in [-0.39, 0.29) is 28.6 Å². The van der Waals surface area contributed by atoms with E-state index >= 15 is 0 Å². The molecule has 0 fully saturated rings. The number of carbonyl (C=O) groups excluding carboxylic acids is 2. The summed E-state index contributed by atoms with van der Waals surface area (Å²) in [6.07, 6.45) is -3.48. The highest BCUT2D eigenvalue weighted by Gasteiger charge is 2.33. The number of pyridine rings is 1. The lowest BCUT2D eigenvalue weighted by molar-refractivity contribution is -0.137. The molecule has 1 heterocycles. The summed E-state index contributed by atoms with van der Waals surface area (Å²) < 4.78 is 72.9. The summed E-state index contributed by atoms with van der Waals surface area (Å²) in [5.41, 5.74) is -1.76. The lowest BCUT2D eigenvalue weighted by Crippen LogP contribution is -2.20. The largest absolute Gasteiger partial charge is 0.457 e. The number of hydrogen-bond donors (Lipinski definition) is 3. The molecular weight excluding hydrogens is 468 g/mol. The molecule has 0 saturated heterocycles. The van der Waals surface area contributed by atoms with E-state index in [0.717, 1.165) is 24.3 Å². The van der Waals surface area contributed by atoms with Crippen molar-refractivity contribution >= 4 is 34.9 Å². The van der Waals surface area contributed by atoms with E-state index in [1.54, 1.807) is 0 Å². The molecule has 0 saturated carbocycles. The van der Waals surface area contributed by atoms with Gasteiger partial charge in [0.05, 0.1) is 16.3 Å². The van der Waals surface area contributed by atoms with Crippen LogP contribution in [0.5, 0.6) is 11.5 Å². The average Bonchev–Trinajstić information content (AvgIpc) is 2.76. The second-order valence-electron chi connectivity index (χ2n) is 6.37. The molecule has 0 spiro atoms. The molecule has 0 bridgehead atoms. The zero-order valence-corrected chi connectivity index (χ0v) is 17.1. The zero-order valence-electron chi connectivity index (χ0n) is 18.3. The average molecular weight is 485 g/mol. The lowest BCUT2D eigenvalue weighted by atomic mass is 10.2. The Morgan fingerprint density at radius 2 is 1.82 bits per heavy atom. The molecule has 33 heavy (non-hydrogen) atoms. The van der Waals surface area contributed by atoms with Crippen molar-refractivity contribution in [2.75, 3.05) is 17.6 Å². The van der Waals surface area contributed by atoms with Crippen LogP contribution in [0.3, 0.4) is 0 Å². The normalized spacial score (nSPS) is 11.9. The van der Waals surface area contributed by atoms with Gasteiger partial charge in [-0.15, -0.1) is 0 Å². The number of carbonyl (C=O) groups is 2. The zero-order chi connectivity index (χ0) is 25.8. The van der Waals surface area contributed by atoms with Gasteiger partial charge in [-0.2, -0.15) is 13.2 Å². The van der Waals surface area contributed by atoms with Crippen molar-refractivity contribution < 1.29 is 34.6 Å². The van der Waals surface area contributed by atoms with Crippen LogP contribution in [-0.4, -0.2) is 23.9 Å². The molecular formula is C21H15ClF4N4O3. The Labute approximate surface area is 192 Å². The van der Waals surface area contributed by atoms with Crippen molar-refractivity contribution in [3.63, 3.8) is 0 Å². The molecule has 0 aliphatic heterocycles. The molecule has 12 heteroatoms. The van der Waals surface area contributed by atoms with Crippen LogP contribution >= 0.6 is 11.6 Å². The summed E-state index contributed by atoms with van der Waals surface area (Å²) in [6, 6.07) is 7.77. The molecule has 0 atom stereocenters. The first kappa shape index (κ1) is 21.0. The van der Waals surface area contributed by atoms with Crippen molar-refractivity contribution in [1.82, 2.24) is 10.3 Å². The highest BCUT2D eigenvalue weighted by Crippen LogP contribution is 2.36. The van der Waals surface area contributed by atoms with E-state index in [2.05, 4.69) is 15.6 Å². The molecule has 3 N–H and O–H groups in total. The number of nitrogens with one attached hydrogen (secondary N) is 3. The Hall–Kier alpha value is -3.86. The summed E-state index contributed by atoms with van der Waals surface area (Å²) in [4.78, 5) is 27.8. The van der Waals surface area contributed by atoms with Crippen LogP contribution in [0.25, 0.3) is 0 Å². The van der Waals surface area contributed by atoms with Crippen molar-refractivity contribution in [2.45, 2.75) is 6.18 Å². The Balaban J connectivity index is 1.67. The second kappa shape index (κ2) is 9.74. The van der Waals surface area contributed by atoms with Crippen molar-refractivity contribution in [1.29, 1.82) is 0 Å². The Morgan fingerprint density at radius 3 is 2.52 bits per heavy atom. The Kier molecular flexibility index (Phi) is 6.20. The van der Waals surface area contributed by atoms with E-state index < -0.39 is 41.5 Å². The molecule has 2 aromatic carbocycles. The molecule has 0 unspecified atom stereocenters. The van der Waals surface area contributed by atoms with Crippen LogP contribution in [0.2, 0.25) is 5.02 Å². The van der Waals surface area contributed by atoms with Gasteiger partial charge in [-0.25, -0.2) is 9.18 Å². The molecule has 7 nitrogen and oxygen atoms in total. The number of anilines is 2.